The lowest BCUT2D eigenvalue weighted by atomic mass is 9.97. The summed E-state index contributed by atoms with van der Waals surface area (Å²) in [4.78, 5) is 25.4. The number of hydrogen-bond donors (Lipinski definition) is 1. The molecule has 7 heteroatoms. The van der Waals surface area contributed by atoms with Gasteiger partial charge in [-0.05, 0) is 45.1 Å². The average molecular weight is 351 g/mol. The van der Waals surface area contributed by atoms with Crippen LogP contribution in [0.3, 0.4) is 0 Å². The van der Waals surface area contributed by atoms with Crippen LogP contribution in [-0.4, -0.2) is 39.6 Å². The van der Waals surface area contributed by atoms with Crippen molar-refractivity contribution in [2.75, 3.05) is 24.6 Å². The largest absolute Gasteiger partial charge is 0.383 e. The summed E-state index contributed by atoms with van der Waals surface area (Å²) in [6.45, 7) is 5.44. The van der Waals surface area contributed by atoms with Gasteiger partial charge in [-0.3, -0.25) is 4.79 Å². The van der Waals surface area contributed by atoms with Crippen molar-refractivity contribution in [3.8, 4) is 0 Å². The van der Waals surface area contributed by atoms with Crippen LogP contribution in [0.15, 0.2) is 5.16 Å². The molecule has 1 amide bonds. The molecule has 23 heavy (non-hydrogen) atoms. The summed E-state index contributed by atoms with van der Waals surface area (Å²) in [5.41, 5.74) is 7.54. The predicted octanol–water partition coefficient (Wildman–Crippen LogP) is 3.11. The Morgan fingerprint density at radius 3 is 2.74 bits per heavy atom. The maximum Gasteiger partial charge on any atom is 0.233 e. The zero-order valence-electron chi connectivity index (χ0n) is 13.6. The van der Waals surface area contributed by atoms with E-state index in [1.165, 1.54) is 35.0 Å². The molecule has 0 bridgehead atoms. The van der Waals surface area contributed by atoms with E-state index in [1.807, 2.05) is 18.7 Å². The minimum atomic E-state index is 0.118. The summed E-state index contributed by atoms with van der Waals surface area (Å²) in [6, 6.07) is 0. The van der Waals surface area contributed by atoms with E-state index in [1.54, 1.807) is 11.3 Å². The fourth-order valence-corrected chi connectivity index (χ4v) is 5.10. The van der Waals surface area contributed by atoms with Crippen LogP contribution in [0.5, 0.6) is 0 Å². The number of carbonyl (C=O) groups is 1. The molecule has 0 saturated carbocycles. The van der Waals surface area contributed by atoms with Crippen LogP contribution in [0.25, 0.3) is 10.2 Å². The maximum atomic E-state index is 12.1. The first kappa shape index (κ1) is 16.5. The molecule has 0 spiro atoms. The van der Waals surface area contributed by atoms with Gasteiger partial charge in [0, 0.05) is 18.0 Å². The van der Waals surface area contributed by atoms with Crippen LogP contribution in [-0.2, 0) is 17.6 Å². The van der Waals surface area contributed by atoms with Crippen molar-refractivity contribution in [1.29, 1.82) is 0 Å². The molecule has 2 aromatic rings. The van der Waals surface area contributed by atoms with Crippen LogP contribution in [0.1, 0.15) is 37.1 Å². The van der Waals surface area contributed by atoms with Gasteiger partial charge in [0.05, 0.1) is 11.1 Å². The van der Waals surface area contributed by atoms with Gasteiger partial charge in [-0.15, -0.1) is 11.3 Å². The monoisotopic (exact) mass is 350 g/mol. The Bertz CT molecular complexity index is 724. The number of amides is 1. The number of anilines is 1. The lowest BCUT2D eigenvalue weighted by Crippen LogP contribution is -2.31. The summed E-state index contributed by atoms with van der Waals surface area (Å²) in [7, 11) is 0. The molecule has 3 rings (SSSR count). The number of aryl methyl sites for hydroxylation is 2. The maximum absolute atomic E-state index is 12.1. The van der Waals surface area contributed by atoms with E-state index in [9.17, 15) is 4.79 Å². The molecule has 0 radical (unpaired) electrons. The summed E-state index contributed by atoms with van der Waals surface area (Å²) in [6.07, 6.45) is 4.66. The highest BCUT2D eigenvalue weighted by atomic mass is 32.2. The van der Waals surface area contributed by atoms with Crippen molar-refractivity contribution in [3.63, 3.8) is 0 Å². The summed E-state index contributed by atoms with van der Waals surface area (Å²) < 4.78 is 0. The standard InChI is InChI=1S/C16H22N4OS2/c1-3-20(4-2)12(21)9-22-16-18-14(17)13-10-7-5-6-8-11(10)23-15(13)19-16/h3-9H2,1-2H3,(H2,17,18,19). The topological polar surface area (TPSA) is 72.1 Å². The zero-order valence-corrected chi connectivity index (χ0v) is 15.2. The number of aromatic nitrogens is 2. The molecule has 0 aliphatic heterocycles. The van der Waals surface area contributed by atoms with Gasteiger partial charge in [-0.2, -0.15) is 0 Å². The highest BCUT2D eigenvalue weighted by Crippen LogP contribution is 2.38. The Morgan fingerprint density at radius 1 is 1.26 bits per heavy atom. The Hall–Kier alpha value is -1.34. The first-order valence-corrected chi connectivity index (χ1v) is 9.92. The van der Waals surface area contributed by atoms with E-state index in [-0.39, 0.29) is 5.91 Å². The first-order valence-electron chi connectivity index (χ1n) is 8.12. The highest BCUT2D eigenvalue weighted by Gasteiger charge is 2.20. The Labute approximate surface area is 144 Å². The van der Waals surface area contributed by atoms with Crippen molar-refractivity contribution >= 4 is 45.0 Å². The summed E-state index contributed by atoms with van der Waals surface area (Å²) >= 11 is 3.11. The minimum absolute atomic E-state index is 0.118. The number of nitrogen functional groups attached to an aromatic ring is 1. The lowest BCUT2D eigenvalue weighted by molar-refractivity contribution is -0.127. The van der Waals surface area contributed by atoms with E-state index < -0.39 is 0 Å². The molecular weight excluding hydrogens is 328 g/mol. The molecule has 2 aromatic heterocycles. The van der Waals surface area contributed by atoms with Gasteiger partial charge in [0.25, 0.3) is 0 Å². The number of rotatable bonds is 5. The minimum Gasteiger partial charge on any atom is -0.383 e. The van der Waals surface area contributed by atoms with E-state index >= 15 is 0 Å². The highest BCUT2D eigenvalue weighted by molar-refractivity contribution is 7.99. The molecule has 0 unspecified atom stereocenters. The van der Waals surface area contributed by atoms with Gasteiger partial charge in [0.15, 0.2) is 5.16 Å². The van der Waals surface area contributed by atoms with E-state index in [0.29, 0.717) is 16.7 Å². The quantitative estimate of drug-likeness (QED) is 0.662. The van der Waals surface area contributed by atoms with Crippen LogP contribution < -0.4 is 5.73 Å². The lowest BCUT2D eigenvalue weighted by Gasteiger charge is -2.17. The number of thiophene rings is 1. The van der Waals surface area contributed by atoms with Gasteiger partial charge in [0.2, 0.25) is 5.91 Å². The number of thioether (sulfide) groups is 1. The van der Waals surface area contributed by atoms with Gasteiger partial charge < -0.3 is 10.6 Å². The molecule has 2 heterocycles. The molecular formula is C16H22N4OS2. The molecule has 124 valence electrons. The molecule has 0 atom stereocenters. The average Bonchev–Trinajstić information content (AvgIpc) is 2.92. The van der Waals surface area contributed by atoms with E-state index in [2.05, 4.69) is 9.97 Å². The fraction of sp³-hybridized carbons (Fsp3) is 0.562. The van der Waals surface area contributed by atoms with Crippen molar-refractivity contribution in [2.45, 2.75) is 44.7 Å². The second-order valence-corrected chi connectivity index (χ2v) is 7.66. The number of nitrogens with zero attached hydrogens (tertiary/aromatic N) is 3. The van der Waals surface area contributed by atoms with E-state index in [0.717, 1.165) is 36.1 Å². The Morgan fingerprint density at radius 2 is 2.00 bits per heavy atom. The van der Waals surface area contributed by atoms with Gasteiger partial charge in [0.1, 0.15) is 10.6 Å². The van der Waals surface area contributed by atoms with Crippen molar-refractivity contribution in [2.24, 2.45) is 0 Å². The van der Waals surface area contributed by atoms with E-state index in [4.69, 9.17) is 5.73 Å². The van der Waals surface area contributed by atoms with Crippen LogP contribution >= 0.6 is 23.1 Å². The van der Waals surface area contributed by atoms with Crippen LogP contribution in [0, 0.1) is 0 Å². The third-order valence-electron chi connectivity index (χ3n) is 4.26. The molecule has 2 N–H and O–H groups in total. The Balaban J connectivity index is 1.81. The number of hydrogen-bond acceptors (Lipinski definition) is 6. The number of nitrogens with two attached hydrogens (primary N) is 1. The summed E-state index contributed by atoms with van der Waals surface area (Å²) in [5, 5.41) is 1.65. The normalized spacial score (nSPS) is 14.0. The second-order valence-electron chi connectivity index (χ2n) is 5.64. The summed E-state index contributed by atoms with van der Waals surface area (Å²) in [5.74, 6) is 1.04. The molecule has 0 saturated heterocycles. The molecule has 1 aliphatic carbocycles. The van der Waals surface area contributed by atoms with Crippen LogP contribution in [0.4, 0.5) is 5.82 Å². The number of fused-ring (bicyclic) bond motifs is 3. The third kappa shape index (κ3) is 3.30. The SMILES string of the molecule is CCN(CC)C(=O)CSc1nc(N)c2c3c(sc2n1)CCCC3. The molecule has 5 nitrogen and oxygen atoms in total. The van der Waals surface area contributed by atoms with Crippen molar-refractivity contribution in [1.82, 2.24) is 14.9 Å². The molecule has 0 aromatic carbocycles. The second kappa shape index (κ2) is 7.05. The van der Waals surface area contributed by atoms with Gasteiger partial charge >= 0.3 is 0 Å². The predicted molar refractivity (Wildman–Crippen MR) is 97.1 cm³/mol. The molecule has 1 aliphatic rings. The smallest absolute Gasteiger partial charge is 0.233 e. The van der Waals surface area contributed by atoms with Gasteiger partial charge in [-0.1, -0.05) is 11.8 Å². The molecule has 0 fully saturated rings. The van der Waals surface area contributed by atoms with Crippen molar-refractivity contribution in [3.05, 3.63) is 10.4 Å². The van der Waals surface area contributed by atoms with Crippen LogP contribution in [0.2, 0.25) is 0 Å². The third-order valence-corrected chi connectivity index (χ3v) is 6.28. The number of carbonyl (C=O) groups excluding carboxylic acids is 1. The fourth-order valence-electron chi connectivity index (χ4n) is 3.02. The zero-order chi connectivity index (χ0) is 16.4. The van der Waals surface area contributed by atoms with Gasteiger partial charge in [-0.25, -0.2) is 9.97 Å². The Kier molecular flexibility index (Phi) is 5.06. The first-order chi connectivity index (χ1) is 11.1. The van der Waals surface area contributed by atoms with Crippen molar-refractivity contribution < 1.29 is 4.79 Å².